The molecular formula is C18H36N4O. The zero-order valence-corrected chi connectivity index (χ0v) is 15.7. The number of rotatable bonds is 8. The monoisotopic (exact) mass is 324 g/mol. The number of guanidine groups is 1. The Kier molecular flexibility index (Phi) is 6.72. The highest BCUT2D eigenvalue weighted by molar-refractivity contribution is 5.80. The lowest BCUT2D eigenvalue weighted by atomic mass is 10.0. The highest BCUT2D eigenvalue weighted by Gasteiger charge is 2.42. The Morgan fingerprint density at radius 1 is 1.35 bits per heavy atom. The third-order valence-corrected chi connectivity index (χ3v) is 5.40. The van der Waals surface area contributed by atoms with Crippen LogP contribution in [0, 0.1) is 11.3 Å². The first-order valence-corrected chi connectivity index (χ1v) is 9.27. The molecule has 5 heteroatoms. The Labute approximate surface area is 142 Å². The van der Waals surface area contributed by atoms with Crippen LogP contribution in [0.15, 0.2) is 4.99 Å². The van der Waals surface area contributed by atoms with Crippen molar-refractivity contribution < 1.29 is 4.74 Å². The minimum Gasteiger partial charge on any atom is -0.385 e. The molecule has 23 heavy (non-hydrogen) atoms. The molecule has 1 aliphatic heterocycles. The van der Waals surface area contributed by atoms with Gasteiger partial charge < -0.3 is 15.4 Å². The van der Waals surface area contributed by atoms with Gasteiger partial charge in [-0.3, -0.25) is 9.89 Å². The average molecular weight is 325 g/mol. The van der Waals surface area contributed by atoms with Crippen LogP contribution in [0.2, 0.25) is 0 Å². The van der Waals surface area contributed by atoms with Crippen LogP contribution in [0.3, 0.4) is 0 Å². The van der Waals surface area contributed by atoms with E-state index in [-0.39, 0.29) is 0 Å². The van der Waals surface area contributed by atoms with Crippen LogP contribution in [-0.4, -0.2) is 62.8 Å². The molecule has 2 atom stereocenters. The molecule has 134 valence electrons. The summed E-state index contributed by atoms with van der Waals surface area (Å²) in [5, 5.41) is 7.09. The van der Waals surface area contributed by atoms with E-state index in [1.165, 1.54) is 19.4 Å². The number of ether oxygens (including phenoxy) is 1. The lowest BCUT2D eigenvalue weighted by Gasteiger charge is -2.22. The summed E-state index contributed by atoms with van der Waals surface area (Å²) < 4.78 is 5.24. The summed E-state index contributed by atoms with van der Waals surface area (Å²) in [4.78, 5) is 7.44. The van der Waals surface area contributed by atoms with E-state index in [1.807, 2.05) is 0 Å². The molecule has 5 nitrogen and oxygen atoms in total. The first kappa shape index (κ1) is 18.5. The van der Waals surface area contributed by atoms with E-state index in [0.717, 1.165) is 38.6 Å². The van der Waals surface area contributed by atoms with Crippen LogP contribution in [0.1, 0.15) is 47.0 Å². The van der Waals surface area contributed by atoms with Crippen LogP contribution in [0.5, 0.6) is 0 Å². The van der Waals surface area contributed by atoms with Crippen molar-refractivity contribution >= 4 is 5.96 Å². The maximum Gasteiger partial charge on any atom is 0.191 e. The van der Waals surface area contributed by atoms with Crippen molar-refractivity contribution in [2.75, 3.05) is 39.9 Å². The molecule has 0 radical (unpaired) electrons. The van der Waals surface area contributed by atoms with E-state index >= 15 is 0 Å². The molecule has 1 saturated heterocycles. The standard InChI is InChI=1S/C18H36N4O/c1-6-19-17(20-13-18(7-8-18)9-10-23-5)21-16-12-22(14(2)3)11-15(16)4/h14-16H,6-13H2,1-5H3,(H2,19,20,21). The van der Waals surface area contributed by atoms with Gasteiger partial charge in [-0.25, -0.2) is 0 Å². The maximum absolute atomic E-state index is 5.24. The predicted octanol–water partition coefficient (Wildman–Crippen LogP) is 2.09. The number of likely N-dealkylation sites (tertiary alicyclic amines) is 1. The molecular weight excluding hydrogens is 288 g/mol. The Morgan fingerprint density at radius 3 is 2.61 bits per heavy atom. The van der Waals surface area contributed by atoms with Gasteiger partial charge in [0.2, 0.25) is 0 Å². The first-order chi connectivity index (χ1) is 11.0. The highest BCUT2D eigenvalue weighted by Crippen LogP contribution is 2.48. The molecule has 0 spiro atoms. The van der Waals surface area contributed by atoms with Gasteiger partial charge in [-0.05, 0) is 51.4 Å². The molecule has 2 rings (SSSR count). The summed E-state index contributed by atoms with van der Waals surface area (Å²) >= 11 is 0. The van der Waals surface area contributed by atoms with Crippen molar-refractivity contribution in [3.63, 3.8) is 0 Å². The van der Waals surface area contributed by atoms with Crippen molar-refractivity contribution in [3.05, 3.63) is 0 Å². The van der Waals surface area contributed by atoms with Gasteiger partial charge in [-0.2, -0.15) is 0 Å². The van der Waals surface area contributed by atoms with E-state index in [9.17, 15) is 0 Å². The van der Waals surface area contributed by atoms with Gasteiger partial charge in [0.05, 0.1) is 0 Å². The summed E-state index contributed by atoms with van der Waals surface area (Å²) in [5.41, 5.74) is 0.406. The van der Waals surface area contributed by atoms with Crippen molar-refractivity contribution in [1.29, 1.82) is 0 Å². The summed E-state index contributed by atoms with van der Waals surface area (Å²) in [5.74, 6) is 1.64. The smallest absolute Gasteiger partial charge is 0.191 e. The van der Waals surface area contributed by atoms with Crippen molar-refractivity contribution in [2.24, 2.45) is 16.3 Å². The average Bonchev–Trinajstić information content (AvgIpc) is 3.20. The van der Waals surface area contributed by atoms with Crippen LogP contribution in [-0.2, 0) is 4.74 Å². The van der Waals surface area contributed by atoms with Gasteiger partial charge in [0.1, 0.15) is 0 Å². The number of nitrogens with one attached hydrogen (secondary N) is 2. The Morgan fingerprint density at radius 2 is 2.09 bits per heavy atom. The summed E-state index contributed by atoms with van der Waals surface area (Å²) in [6.45, 7) is 14.0. The molecule has 0 aromatic rings. The van der Waals surface area contributed by atoms with Crippen molar-refractivity contribution in [3.8, 4) is 0 Å². The second-order valence-electron chi connectivity index (χ2n) is 7.71. The van der Waals surface area contributed by atoms with Crippen LogP contribution < -0.4 is 10.6 Å². The maximum atomic E-state index is 5.24. The molecule has 0 aromatic carbocycles. The fourth-order valence-electron chi connectivity index (χ4n) is 3.34. The van der Waals surface area contributed by atoms with E-state index in [4.69, 9.17) is 9.73 Å². The summed E-state index contributed by atoms with van der Waals surface area (Å²) in [6, 6.07) is 1.11. The fourth-order valence-corrected chi connectivity index (χ4v) is 3.34. The van der Waals surface area contributed by atoms with Crippen LogP contribution in [0.4, 0.5) is 0 Å². The molecule has 2 aliphatic rings. The van der Waals surface area contributed by atoms with Gasteiger partial charge >= 0.3 is 0 Å². The second kappa shape index (κ2) is 8.34. The van der Waals surface area contributed by atoms with E-state index in [0.29, 0.717) is 23.4 Å². The Bertz CT molecular complexity index is 392. The minimum absolute atomic E-state index is 0.406. The molecule has 2 fully saturated rings. The van der Waals surface area contributed by atoms with E-state index in [2.05, 4.69) is 43.2 Å². The Hall–Kier alpha value is -0.810. The van der Waals surface area contributed by atoms with E-state index in [1.54, 1.807) is 7.11 Å². The summed E-state index contributed by atoms with van der Waals surface area (Å²) in [7, 11) is 1.78. The van der Waals surface area contributed by atoms with Gasteiger partial charge in [0.15, 0.2) is 5.96 Å². The van der Waals surface area contributed by atoms with Crippen molar-refractivity contribution in [1.82, 2.24) is 15.5 Å². The topological polar surface area (TPSA) is 48.9 Å². The highest BCUT2D eigenvalue weighted by atomic mass is 16.5. The molecule has 0 bridgehead atoms. The number of nitrogens with zero attached hydrogens (tertiary/aromatic N) is 2. The van der Waals surface area contributed by atoms with Crippen LogP contribution >= 0.6 is 0 Å². The number of methoxy groups -OCH3 is 1. The van der Waals surface area contributed by atoms with Gasteiger partial charge in [-0.15, -0.1) is 0 Å². The van der Waals surface area contributed by atoms with Crippen molar-refractivity contribution in [2.45, 2.75) is 59.0 Å². The third kappa shape index (κ3) is 5.35. The number of hydrogen-bond donors (Lipinski definition) is 2. The zero-order chi connectivity index (χ0) is 16.9. The first-order valence-electron chi connectivity index (χ1n) is 9.27. The van der Waals surface area contributed by atoms with Crippen LogP contribution in [0.25, 0.3) is 0 Å². The molecule has 0 aromatic heterocycles. The molecule has 2 unspecified atom stereocenters. The molecule has 1 aliphatic carbocycles. The SMILES string of the molecule is CCNC(=NCC1(CCOC)CC1)NC1CN(C(C)C)CC1C. The fraction of sp³-hybridized carbons (Fsp3) is 0.944. The predicted molar refractivity (Wildman–Crippen MR) is 96.9 cm³/mol. The Balaban J connectivity index is 1.89. The lowest BCUT2D eigenvalue weighted by Crippen LogP contribution is -2.47. The number of aliphatic imine (C=N–C) groups is 1. The molecule has 0 amide bonds. The van der Waals surface area contributed by atoms with Gasteiger partial charge in [-0.1, -0.05) is 6.92 Å². The largest absolute Gasteiger partial charge is 0.385 e. The normalized spacial score (nSPS) is 27.5. The minimum atomic E-state index is 0.406. The van der Waals surface area contributed by atoms with Gasteiger partial charge in [0.25, 0.3) is 0 Å². The molecule has 1 heterocycles. The summed E-state index contributed by atoms with van der Waals surface area (Å²) in [6.07, 6.45) is 3.72. The van der Waals surface area contributed by atoms with E-state index < -0.39 is 0 Å². The molecule has 2 N–H and O–H groups in total. The second-order valence-corrected chi connectivity index (χ2v) is 7.71. The lowest BCUT2D eigenvalue weighted by molar-refractivity contribution is 0.174. The zero-order valence-electron chi connectivity index (χ0n) is 15.7. The van der Waals surface area contributed by atoms with Gasteiger partial charge in [0, 0.05) is 52.0 Å². The third-order valence-electron chi connectivity index (χ3n) is 5.40. The number of hydrogen-bond acceptors (Lipinski definition) is 3. The molecule has 1 saturated carbocycles. The quantitative estimate of drug-likeness (QED) is 0.530.